The molecule has 2 saturated carbocycles. The summed E-state index contributed by atoms with van der Waals surface area (Å²) >= 11 is 0. The largest absolute Gasteiger partial charge is 0.338 e. The predicted octanol–water partition coefficient (Wildman–Crippen LogP) is 2.99. The monoisotopic (exact) mass is 356 g/mol. The van der Waals surface area contributed by atoms with Crippen LogP contribution in [0.1, 0.15) is 24.8 Å². The van der Waals surface area contributed by atoms with E-state index in [0.29, 0.717) is 22.7 Å². The molecule has 132 valence electrons. The van der Waals surface area contributed by atoms with Crippen molar-refractivity contribution in [3.8, 4) is 12.1 Å². The SMILES string of the molecule is N#Cc1ccc(Nc2nn(C3(C4CC4)CC3C#N)c3cc[nH]c(=O)c23)cc1. The molecule has 0 spiro atoms. The minimum atomic E-state index is -0.286. The second kappa shape index (κ2) is 5.46. The summed E-state index contributed by atoms with van der Waals surface area (Å²) in [5, 5.41) is 26.9. The fourth-order valence-electron chi connectivity index (χ4n) is 4.11. The van der Waals surface area contributed by atoms with E-state index in [1.54, 1.807) is 30.5 Å². The number of benzene rings is 1. The summed E-state index contributed by atoms with van der Waals surface area (Å²) < 4.78 is 1.91. The van der Waals surface area contributed by atoms with Gasteiger partial charge in [0.1, 0.15) is 5.39 Å². The Kier molecular flexibility index (Phi) is 3.16. The van der Waals surface area contributed by atoms with Crippen LogP contribution in [0.4, 0.5) is 11.5 Å². The molecule has 0 aliphatic heterocycles. The van der Waals surface area contributed by atoms with Crippen molar-refractivity contribution in [1.29, 1.82) is 10.5 Å². The third-order valence-corrected chi connectivity index (χ3v) is 5.69. The summed E-state index contributed by atoms with van der Waals surface area (Å²) in [5.41, 5.74) is 1.56. The summed E-state index contributed by atoms with van der Waals surface area (Å²) in [6, 6.07) is 13.3. The molecule has 2 aromatic heterocycles. The normalized spacial score (nSPS) is 23.6. The Balaban J connectivity index is 1.64. The van der Waals surface area contributed by atoms with Crippen molar-refractivity contribution in [3.63, 3.8) is 0 Å². The molecule has 7 heteroatoms. The lowest BCUT2D eigenvalue weighted by atomic mass is 10.1. The first-order valence-corrected chi connectivity index (χ1v) is 8.95. The molecular formula is C20H16N6O. The van der Waals surface area contributed by atoms with Gasteiger partial charge < -0.3 is 10.3 Å². The van der Waals surface area contributed by atoms with Gasteiger partial charge in [-0.15, -0.1) is 0 Å². The van der Waals surface area contributed by atoms with Gasteiger partial charge in [-0.25, -0.2) is 0 Å². The number of fused-ring (bicyclic) bond motifs is 1. The highest BCUT2D eigenvalue weighted by Gasteiger charge is 2.65. The molecule has 2 N–H and O–H groups in total. The standard InChI is InChI=1S/C20H16N6O/c21-10-12-1-5-15(6-2-12)24-18-17-16(7-8-23-19(17)27)26(25-18)20(13-3-4-13)9-14(20)11-22/h1-2,5-8,13-14H,3-4,9H2,(H,23,27)(H,24,25). The molecule has 2 aliphatic rings. The van der Waals surface area contributed by atoms with Gasteiger partial charge in [0.2, 0.25) is 0 Å². The number of nitriles is 2. The number of aromatic nitrogens is 3. The Hall–Kier alpha value is -3.58. The summed E-state index contributed by atoms with van der Waals surface area (Å²) in [4.78, 5) is 15.2. The first kappa shape index (κ1) is 15.7. The number of anilines is 2. The number of pyridine rings is 1. The third kappa shape index (κ3) is 2.25. The van der Waals surface area contributed by atoms with Crippen LogP contribution in [0, 0.1) is 34.5 Å². The number of nitrogens with one attached hydrogen (secondary N) is 2. The maximum absolute atomic E-state index is 12.5. The minimum absolute atomic E-state index is 0.0600. The third-order valence-electron chi connectivity index (χ3n) is 5.69. The highest BCUT2D eigenvalue weighted by molar-refractivity contribution is 5.91. The first-order chi connectivity index (χ1) is 13.2. The van der Waals surface area contributed by atoms with Crippen LogP contribution in [-0.2, 0) is 5.54 Å². The molecule has 7 nitrogen and oxygen atoms in total. The molecule has 0 radical (unpaired) electrons. The van der Waals surface area contributed by atoms with Crippen molar-refractivity contribution in [1.82, 2.24) is 14.8 Å². The summed E-state index contributed by atoms with van der Waals surface area (Å²) in [7, 11) is 0. The lowest BCUT2D eigenvalue weighted by Crippen LogP contribution is -2.24. The van der Waals surface area contributed by atoms with Crippen LogP contribution in [0.2, 0.25) is 0 Å². The van der Waals surface area contributed by atoms with E-state index in [1.807, 2.05) is 10.7 Å². The Labute approximate surface area is 154 Å². The van der Waals surface area contributed by atoms with Crippen molar-refractivity contribution in [2.45, 2.75) is 24.8 Å². The molecule has 0 bridgehead atoms. The van der Waals surface area contributed by atoms with Crippen LogP contribution in [0.15, 0.2) is 41.3 Å². The van der Waals surface area contributed by atoms with Crippen molar-refractivity contribution in [3.05, 3.63) is 52.4 Å². The fraction of sp³-hybridized carbons (Fsp3) is 0.300. The fourth-order valence-corrected chi connectivity index (χ4v) is 4.11. The van der Waals surface area contributed by atoms with E-state index in [9.17, 15) is 10.1 Å². The summed E-state index contributed by atoms with van der Waals surface area (Å²) in [5.74, 6) is 0.864. The van der Waals surface area contributed by atoms with Crippen molar-refractivity contribution >= 4 is 22.4 Å². The zero-order valence-electron chi connectivity index (χ0n) is 14.4. The second-order valence-corrected chi connectivity index (χ2v) is 7.29. The highest BCUT2D eigenvalue weighted by atomic mass is 16.1. The molecular weight excluding hydrogens is 340 g/mol. The lowest BCUT2D eigenvalue weighted by molar-refractivity contribution is 0.375. The van der Waals surface area contributed by atoms with E-state index in [4.69, 9.17) is 10.4 Å². The average molecular weight is 356 g/mol. The van der Waals surface area contributed by atoms with Gasteiger partial charge in [0.25, 0.3) is 5.56 Å². The Morgan fingerprint density at radius 2 is 2.00 bits per heavy atom. The van der Waals surface area contributed by atoms with E-state index < -0.39 is 0 Å². The van der Waals surface area contributed by atoms with Crippen molar-refractivity contribution < 1.29 is 0 Å². The summed E-state index contributed by atoms with van der Waals surface area (Å²) in [6.45, 7) is 0. The molecule has 0 saturated heterocycles. The van der Waals surface area contributed by atoms with Crippen molar-refractivity contribution in [2.24, 2.45) is 11.8 Å². The van der Waals surface area contributed by atoms with Gasteiger partial charge in [-0.2, -0.15) is 15.6 Å². The van der Waals surface area contributed by atoms with Gasteiger partial charge in [0.15, 0.2) is 5.82 Å². The molecule has 5 rings (SSSR count). The Bertz CT molecular complexity index is 1190. The topological polar surface area (TPSA) is 110 Å². The smallest absolute Gasteiger partial charge is 0.261 e. The predicted molar refractivity (Wildman–Crippen MR) is 99.2 cm³/mol. The Morgan fingerprint density at radius 3 is 2.63 bits per heavy atom. The number of H-pyrrole nitrogens is 1. The molecule has 1 aromatic carbocycles. The van der Waals surface area contributed by atoms with Crippen LogP contribution in [0.25, 0.3) is 10.9 Å². The molecule has 27 heavy (non-hydrogen) atoms. The highest BCUT2D eigenvalue weighted by Crippen LogP contribution is 2.63. The van der Waals surface area contributed by atoms with Crippen LogP contribution in [0.5, 0.6) is 0 Å². The Morgan fingerprint density at radius 1 is 1.22 bits per heavy atom. The number of aromatic amines is 1. The number of hydrogen-bond donors (Lipinski definition) is 2. The van der Waals surface area contributed by atoms with Gasteiger partial charge in [-0.3, -0.25) is 9.48 Å². The number of hydrogen-bond acceptors (Lipinski definition) is 5. The average Bonchev–Trinajstić information content (AvgIpc) is 3.59. The molecule has 0 amide bonds. The second-order valence-electron chi connectivity index (χ2n) is 7.29. The van der Waals surface area contributed by atoms with Gasteiger partial charge in [0, 0.05) is 11.9 Å². The zero-order valence-corrected chi connectivity index (χ0v) is 14.4. The molecule has 2 aliphatic carbocycles. The van der Waals surface area contributed by atoms with E-state index in [-0.39, 0.29) is 17.0 Å². The molecule has 2 unspecified atom stereocenters. The maximum Gasteiger partial charge on any atom is 0.261 e. The minimum Gasteiger partial charge on any atom is -0.338 e. The van der Waals surface area contributed by atoms with Gasteiger partial charge in [-0.05, 0) is 55.5 Å². The molecule has 3 aromatic rings. The van der Waals surface area contributed by atoms with E-state index in [2.05, 4.69) is 22.4 Å². The van der Waals surface area contributed by atoms with Crippen molar-refractivity contribution in [2.75, 3.05) is 5.32 Å². The first-order valence-electron chi connectivity index (χ1n) is 8.95. The van der Waals surface area contributed by atoms with E-state index >= 15 is 0 Å². The van der Waals surface area contributed by atoms with Crippen LogP contribution >= 0.6 is 0 Å². The van der Waals surface area contributed by atoms with E-state index in [0.717, 1.165) is 30.5 Å². The molecule has 2 atom stereocenters. The quantitative estimate of drug-likeness (QED) is 0.746. The zero-order chi connectivity index (χ0) is 18.6. The summed E-state index contributed by atoms with van der Waals surface area (Å²) in [6.07, 6.45) is 4.61. The van der Waals surface area contributed by atoms with Gasteiger partial charge >= 0.3 is 0 Å². The molecule has 2 heterocycles. The van der Waals surface area contributed by atoms with Gasteiger partial charge in [0.05, 0.1) is 34.7 Å². The maximum atomic E-state index is 12.5. The molecule has 2 fully saturated rings. The van der Waals surface area contributed by atoms with Crippen LogP contribution in [-0.4, -0.2) is 14.8 Å². The number of nitrogens with zero attached hydrogens (tertiary/aromatic N) is 4. The van der Waals surface area contributed by atoms with E-state index in [1.165, 1.54) is 0 Å². The van der Waals surface area contributed by atoms with Crippen LogP contribution in [0.3, 0.4) is 0 Å². The lowest BCUT2D eigenvalue weighted by Gasteiger charge is -2.17. The van der Waals surface area contributed by atoms with Gasteiger partial charge in [-0.1, -0.05) is 0 Å². The van der Waals surface area contributed by atoms with Crippen LogP contribution < -0.4 is 10.9 Å². The number of rotatable bonds is 4.